The molecule has 0 aliphatic heterocycles. The van der Waals surface area contributed by atoms with E-state index < -0.39 is 5.41 Å². The van der Waals surface area contributed by atoms with Crippen molar-refractivity contribution in [2.75, 3.05) is 13.6 Å². The van der Waals surface area contributed by atoms with Crippen molar-refractivity contribution in [3.8, 4) is 0 Å². The molecule has 0 fully saturated rings. The quantitative estimate of drug-likeness (QED) is 0.409. The molecular formula is C11H23N3O2. The Hall–Kier alpha value is -1.10. The molecule has 0 saturated carbocycles. The highest BCUT2D eigenvalue weighted by Crippen LogP contribution is 2.30. The molecule has 3 N–H and O–H groups in total. The van der Waals surface area contributed by atoms with Gasteiger partial charge in [-0.2, -0.15) is 0 Å². The van der Waals surface area contributed by atoms with Gasteiger partial charge < -0.3 is 5.32 Å². The summed E-state index contributed by atoms with van der Waals surface area (Å²) in [6.45, 7) is 7.80. The maximum Gasteiger partial charge on any atom is 0.242 e. The van der Waals surface area contributed by atoms with Crippen LogP contribution in [0.15, 0.2) is 0 Å². The third kappa shape index (κ3) is 4.18. The monoisotopic (exact) mass is 229 g/mol. The number of amides is 2. The topological polar surface area (TPSA) is 75.4 Å². The first-order chi connectivity index (χ1) is 7.19. The van der Waals surface area contributed by atoms with Gasteiger partial charge in [-0.15, -0.1) is 0 Å². The van der Waals surface area contributed by atoms with Crippen molar-refractivity contribution in [3.63, 3.8) is 0 Å². The fourth-order valence-electron chi connectivity index (χ4n) is 1.49. The highest BCUT2D eigenvalue weighted by atomic mass is 16.2. The predicted octanol–water partition coefficient (Wildman–Crippen LogP) is 0.507. The smallest absolute Gasteiger partial charge is 0.242 e. The number of nitrogens with one attached hydrogen (secondary N) is 1. The average molecular weight is 229 g/mol. The van der Waals surface area contributed by atoms with Crippen LogP contribution in [0.3, 0.4) is 0 Å². The summed E-state index contributed by atoms with van der Waals surface area (Å²) in [7, 11) is 1.55. The van der Waals surface area contributed by atoms with Crippen LogP contribution in [0.25, 0.3) is 0 Å². The lowest BCUT2D eigenvalue weighted by molar-refractivity contribution is -0.142. The first-order valence-electron chi connectivity index (χ1n) is 5.47. The van der Waals surface area contributed by atoms with Crippen molar-refractivity contribution >= 4 is 11.8 Å². The highest BCUT2D eigenvalue weighted by Gasteiger charge is 2.34. The standard InChI is InChI=1S/C11H23N3O2/c1-8(6-7-13-9(2)15)11(3,4)10(16)14(5)12/h8H,6-7,12H2,1-5H3,(H,13,15)/t8-/m0/s1. The zero-order valence-electron chi connectivity index (χ0n) is 10.8. The van der Waals surface area contributed by atoms with Crippen molar-refractivity contribution in [2.45, 2.75) is 34.1 Å². The van der Waals surface area contributed by atoms with Crippen LogP contribution in [0.4, 0.5) is 0 Å². The van der Waals surface area contributed by atoms with Gasteiger partial charge in [-0.1, -0.05) is 20.8 Å². The summed E-state index contributed by atoms with van der Waals surface area (Å²) in [5.41, 5.74) is -0.512. The maximum atomic E-state index is 11.8. The minimum absolute atomic E-state index is 0.0488. The lowest BCUT2D eigenvalue weighted by Gasteiger charge is -2.32. The van der Waals surface area contributed by atoms with E-state index in [0.717, 1.165) is 11.4 Å². The van der Waals surface area contributed by atoms with E-state index in [-0.39, 0.29) is 17.7 Å². The number of carbonyl (C=O) groups is 2. The number of carbonyl (C=O) groups excluding carboxylic acids is 2. The largest absolute Gasteiger partial charge is 0.356 e. The Bertz CT molecular complexity index is 262. The van der Waals surface area contributed by atoms with Gasteiger partial charge in [0, 0.05) is 25.9 Å². The lowest BCUT2D eigenvalue weighted by atomic mass is 9.77. The summed E-state index contributed by atoms with van der Waals surface area (Å²) < 4.78 is 0. The number of hydrogen-bond acceptors (Lipinski definition) is 3. The minimum Gasteiger partial charge on any atom is -0.356 e. The summed E-state index contributed by atoms with van der Waals surface area (Å²) in [6.07, 6.45) is 0.756. The van der Waals surface area contributed by atoms with E-state index in [4.69, 9.17) is 5.84 Å². The van der Waals surface area contributed by atoms with Gasteiger partial charge in [0.05, 0.1) is 0 Å². The summed E-state index contributed by atoms with van der Waals surface area (Å²) in [5.74, 6) is 5.46. The number of nitrogens with two attached hydrogens (primary N) is 1. The summed E-state index contributed by atoms with van der Waals surface area (Å²) in [5, 5.41) is 3.84. The Morgan fingerprint density at radius 3 is 2.31 bits per heavy atom. The highest BCUT2D eigenvalue weighted by molar-refractivity contribution is 5.81. The molecule has 2 amide bonds. The molecule has 0 saturated heterocycles. The van der Waals surface area contributed by atoms with Gasteiger partial charge in [0.15, 0.2) is 0 Å². The zero-order chi connectivity index (χ0) is 12.9. The molecule has 0 aliphatic rings. The van der Waals surface area contributed by atoms with Crippen LogP contribution < -0.4 is 11.2 Å². The van der Waals surface area contributed by atoms with Crippen LogP contribution in [0.1, 0.15) is 34.1 Å². The molecule has 1 atom stereocenters. The van der Waals surface area contributed by atoms with Crippen LogP contribution in [0.2, 0.25) is 0 Å². The van der Waals surface area contributed by atoms with E-state index in [1.807, 2.05) is 20.8 Å². The molecule has 0 unspecified atom stereocenters. The first-order valence-corrected chi connectivity index (χ1v) is 5.47. The van der Waals surface area contributed by atoms with E-state index in [0.29, 0.717) is 6.54 Å². The Balaban J connectivity index is 4.29. The van der Waals surface area contributed by atoms with Crippen LogP contribution >= 0.6 is 0 Å². The summed E-state index contributed by atoms with van der Waals surface area (Å²) in [4.78, 5) is 22.5. The molecule has 0 aromatic heterocycles. The Morgan fingerprint density at radius 2 is 1.94 bits per heavy atom. The van der Waals surface area contributed by atoms with Crippen molar-refractivity contribution < 1.29 is 9.59 Å². The second-order valence-corrected chi connectivity index (χ2v) is 4.81. The van der Waals surface area contributed by atoms with E-state index in [1.165, 1.54) is 6.92 Å². The van der Waals surface area contributed by atoms with Crippen molar-refractivity contribution in [1.82, 2.24) is 10.3 Å². The van der Waals surface area contributed by atoms with Crippen molar-refractivity contribution in [1.29, 1.82) is 0 Å². The normalized spacial score (nSPS) is 13.1. The van der Waals surface area contributed by atoms with Crippen molar-refractivity contribution in [3.05, 3.63) is 0 Å². The average Bonchev–Trinajstić information content (AvgIpc) is 2.15. The third-order valence-corrected chi connectivity index (χ3v) is 3.05. The molecule has 0 aromatic rings. The molecule has 5 heteroatoms. The van der Waals surface area contributed by atoms with Crippen LogP contribution in [0, 0.1) is 11.3 Å². The molecule has 0 spiro atoms. The number of rotatable bonds is 5. The van der Waals surface area contributed by atoms with Crippen LogP contribution in [-0.2, 0) is 9.59 Å². The second-order valence-electron chi connectivity index (χ2n) is 4.81. The molecule has 94 valence electrons. The van der Waals surface area contributed by atoms with Gasteiger partial charge >= 0.3 is 0 Å². The first kappa shape index (κ1) is 14.9. The Kier molecular flexibility index (Phi) is 5.44. The van der Waals surface area contributed by atoms with Gasteiger partial charge in [-0.3, -0.25) is 14.6 Å². The van der Waals surface area contributed by atoms with E-state index in [9.17, 15) is 9.59 Å². The Morgan fingerprint density at radius 1 is 1.44 bits per heavy atom. The van der Waals surface area contributed by atoms with E-state index in [1.54, 1.807) is 7.05 Å². The Labute approximate surface area is 97.3 Å². The van der Waals surface area contributed by atoms with E-state index >= 15 is 0 Å². The molecule has 0 bridgehead atoms. The fourth-order valence-corrected chi connectivity index (χ4v) is 1.49. The van der Waals surface area contributed by atoms with Gasteiger partial charge in [0.1, 0.15) is 0 Å². The SMILES string of the molecule is CC(=O)NCC[C@H](C)C(C)(C)C(=O)N(C)N. The maximum absolute atomic E-state index is 11.8. The van der Waals surface area contributed by atoms with Gasteiger partial charge in [0.25, 0.3) is 0 Å². The predicted molar refractivity (Wildman–Crippen MR) is 63.2 cm³/mol. The number of nitrogens with zero attached hydrogens (tertiary/aromatic N) is 1. The lowest BCUT2D eigenvalue weighted by Crippen LogP contribution is -2.46. The third-order valence-electron chi connectivity index (χ3n) is 3.05. The van der Waals surface area contributed by atoms with Crippen LogP contribution in [0.5, 0.6) is 0 Å². The molecule has 0 radical (unpaired) electrons. The fraction of sp³-hybridized carbons (Fsp3) is 0.818. The van der Waals surface area contributed by atoms with Crippen LogP contribution in [-0.4, -0.2) is 30.4 Å². The molecular weight excluding hydrogens is 206 g/mol. The molecule has 0 heterocycles. The van der Waals surface area contributed by atoms with E-state index in [2.05, 4.69) is 5.32 Å². The second kappa shape index (κ2) is 5.84. The minimum atomic E-state index is -0.512. The molecule has 0 aromatic carbocycles. The summed E-state index contributed by atoms with van der Waals surface area (Å²) in [6, 6.07) is 0. The molecule has 0 aliphatic carbocycles. The molecule has 16 heavy (non-hydrogen) atoms. The molecule has 0 rings (SSSR count). The molecule has 5 nitrogen and oxygen atoms in total. The van der Waals surface area contributed by atoms with Gasteiger partial charge in [-0.25, -0.2) is 5.84 Å². The number of hydrogen-bond donors (Lipinski definition) is 2. The van der Waals surface area contributed by atoms with Gasteiger partial charge in [0.2, 0.25) is 11.8 Å². The van der Waals surface area contributed by atoms with Gasteiger partial charge in [-0.05, 0) is 12.3 Å². The zero-order valence-corrected chi connectivity index (χ0v) is 10.8. The number of hydrazine groups is 1. The summed E-state index contributed by atoms with van der Waals surface area (Å²) >= 11 is 0. The van der Waals surface area contributed by atoms with Crippen molar-refractivity contribution in [2.24, 2.45) is 17.2 Å².